The topological polar surface area (TPSA) is 62.4 Å². The second kappa shape index (κ2) is 6.28. The normalized spacial score (nSPS) is 11.1. The molecule has 1 heterocycles. The number of likely N-dealkylation sites (N-methyl/N-ethyl adjacent to an activating group) is 1. The monoisotopic (exact) mass is 247 g/mol. The molecule has 18 heavy (non-hydrogen) atoms. The van der Waals surface area contributed by atoms with E-state index in [9.17, 15) is 0 Å². The van der Waals surface area contributed by atoms with Crippen molar-refractivity contribution in [3.8, 4) is 11.4 Å². The zero-order chi connectivity index (χ0) is 12.8. The van der Waals surface area contributed by atoms with E-state index >= 15 is 0 Å². The lowest BCUT2D eigenvalue weighted by Gasteiger charge is -2.12. The van der Waals surface area contributed by atoms with Crippen molar-refractivity contribution < 1.29 is 9.63 Å². The van der Waals surface area contributed by atoms with Gasteiger partial charge in [-0.1, -0.05) is 35.5 Å². The minimum atomic E-state index is 0.162. The molecule has 0 amide bonds. The van der Waals surface area contributed by atoms with Gasteiger partial charge in [0.25, 0.3) is 0 Å². The quantitative estimate of drug-likeness (QED) is 0.831. The Balaban J connectivity index is 1.95. The highest BCUT2D eigenvalue weighted by molar-refractivity contribution is 5.53. The summed E-state index contributed by atoms with van der Waals surface area (Å²) in [6.45, 7) is 1.60. The Hall–Kier alpha value is -1.72. The molecule has 0 aliphatic rings. The summed E-state index contributed by atoms with van der Waals surface area (Å²) >= 11 is 0. The van der Waals surface area contributed by atoms with Crippen LogP contribution in [0.25, 0.3) is 11.4 Å². The second-order valence-corrected chi connectivity index (χ2v) is 4.15. The average Bonchev–Trinajstić information content (AvgIpc) is 2.87. The summed E-state index contributed by atoms with van der Waals surface area (Å²) < 4.78 is 5.20. The first-order valence-electron chi connectivity index (χ1n) is 5.97. The van der Waals surface area contributed by atoms with E-state index in [0.717, 1.165) is 12.1 Å². The Bertz CT molecular complexity index is 470. The predicted molar refractivity (Wildman–Crippen MR) is 68.0 cm³/mol. The third-order valence-electron chi connectivity index (χ3n) is 2.69. The smallest absolute Gasteiger partial charge is 0.228 e. The Morgan fingerprint density at radius 2 is 2.00 bits per heavy atom. The van der Waals surface area contributed by atoms with Gasteiger partial charge in [0.1, 0.15) is 0 Å². The molecular formula is C13H17N3O2. The molecule has 2 rings (SSSR count). The molecule has 5 heteroatoms. The van der Waals surface area contributed by atoms with E-state index in [-0.39, 0.29) is 6.61 Å². The number of benzene rings is 1. The molecule has 1 N–H and O–H groups in total. The van der Waals surface area contributed by atoms with Crippen LogP contribution < -0.4 is 0 Å². The maximum absolute atomic E-state index is 8.79. The molecule has 1 aromatic heterocycles. The van der Waals surface area contributed by atoms with Gasteiger partial charge in [0.2, 0.25) is 11.7 Å². The predicted octanol–water partition coefficient (Wildman–Crippen LogP) is 1.20. The van der Waals surface area contributed by atoms with Crippen molar-refractivity contribution in [1.82, 2.24) is 15.0 Å². The molecule has 0 aliphatic carbocycles. The van der Waals surface area contributed by atoms with E-state index in [1.807, 2.05) is 42.3 Å². The number of aromatic nitrogens is 2. The van der Waals surface area contributed by atoms with Crippen LogP contribution in [-0.4, -0.2) is 46.9 Å². The van der Waals surface area contributed by atoms with Crippen LogP contribution in [0.1, 0.15) is 5.89 Å². The van der Waals surface area contributed by atoms with Gasteiger partial charge in [-0.25, -0.2) is 0 Å². The Morgan fingerprint density at radius 3 is 2.72 bits per heavy atom. The standard InChI is InChI=1S/C13H17N3O2/c1-16(9-10-17)8-7-12-14-13(15-18-12)11-5-3-2-4-6-11/h2-6,17H,7-10H2,1H3. The molecule has 2 aromatic rings. The second-order valence-electron chi connectivity index (χ2n) is 4.15. The lowest BCUT2D eigenvalue weighted by molar-refractivity contribution is 0.218. The molecule has 0 fully saturated rings. The molecule has 0 saturated heterocycles. The summed E-state index contributed by atoms with van der Waals surface area (Å²) in [6, 6.07) is 9.74. The van der Waals surface area contributed by atoms with E-state index < -0.39 is 0 Å². The molecule has 0 unspecified atom stereocenters. The highest BCUT2D eigenvalue weighted by atomic mass is 16.5. The van der Waals surface area contributed by atoms with Crippen molar-refractivity contribution in [3.05, 3.63) is 36.2 Å². The Morgan fingerprint density at radius 1 is 1.22 bits per heavy atom. The van der Waals surface area contributed by atoms with Crippen LogP contribution in [0, 0.1) is 0 Å². The van der Waals surface area contributed by atoms with E-state index in [1.54, 1.807) is 0 Å². The van der Waals surface area contributed by atoms with Crippen molar-refractivity contribution >= 4 is 0 Å². The van der Waals surface area contributed by atoms with Gasteiger partial charge < -0.3 is 14.5 Å². The third kappa shape index (κ3) is 3.38. The molecular weight excluding hydrogens is 230 g/mol. The van der Waals surface area contributed by atoms with E-state index in [1.165, 1.54) is 0 Å². The lowest BCUT2D eigenvalue weighted by Crippen LogP contribution is -2.24. The summed E-state index contributed by atoms with van der Waals surface area (Å²) in [7, 11) is 1.95. The van der Waals surface area contributed by atoms with Crippen LogP contribution in [0.4, 0.5) is 0 Å². The van der Waals surface area contributed by atoms with Crippen LogP contribution in [0.15, 0.2) is 34.9 Å². The summed E-state index contributed by atoms with van der Waals surface area (Å²) in [5.74, 6) is 1.24. The van der Waals surface area contributed by atoms with Crippen LogP contribution in [0.5, 0.6) is 0 Å². The average molecular weight is 247 g/mol. The Kier molecular flexibility index (Phi) is 4.44. The number of aliphatic hydroxyl groups is 1. The number of rotatable bonds is 6. The van der Waals surface area contributed by atoms with Crippen molar-refractivity contribution in [2.24, 2.45) is 0 Å². The molecule has 0 bridgehead atoms. The zero-order valence-corrected chi connectivity index (χ0v) is 10.4. The van der Waals surface area contributed by atoms with Gasteiger partial charge in [-0.3, -0.25) is 0 Å². The summed E-state index contributed by atoms with van der Waals surface area (Å²) in [4.78, 5) is 6.37. The molecule has 5 nitrogen and oxygen atoms in total. The molecule has 0 saturated carbocycles. The van der Waals surface area contributed by atoms with Gasteiger partial charge in [-0.05, 0) is 7.05 Å². The van der Waals surface area contributed by atoms with Gasteiger partial charge in [0.15, 0.2) is 0 Å². The highest BCUT2D eigenvalue weighted by Gasteiger charge is 2.08. The maximum Gasteiger partial charge on any atom is 0.228 e. The number of nitrogens with zero attached hydrogens (tertiary/aromatic N) is 3. The first-order valence-corrected chi connectivity index (χ1v) is 5.97. The fourth-order valence-electron chi connectivity index (χ4n) is 1.63. The summed E-state index contributed by atoms with van der Waals surface area (Å²) in [6.07, 6.45) is 0.691. The van der Waals surface area contributed by atoms with Crippen molar-refractivity contribution in [3.63, 3.8) is 0 Å². The van der Waals surface area contributed by atoms with E-state index in [0.29, 0.717) is 24.7 Å². The van der Waals surface area contributed by atoms with Crippen molar-refractivity contribution in [2.45, 2.75) is 6.42 Å². The molecule has 96 valence electrons. The van der Waals surface area contributed by atoms with Gasteiger partial charge in [0.05, 0.1) is 6.61 Å². The lowest BCUT2D eigenvalue weighted by atomic mass is 10.2. The van der Waals surface area contributed by atoms with Gasteiger partial charge in [-0.15, -0.1) is 0 Å². The zero-order valence-electron chi connectivity index (χ0n) is 10.4. The number of hydrogen-bond acceptors (Lipinski definition) is 5. The highest BCUT2D eigenvalue weighted by Crippen LogP contribution is 2.14. The minimum Gasteiger partial charge on any atom is -0.395 e. The number of hydrogen-bond donors (Lipinski definition) is 1. The van der Waals surface area contributed by atoms with E-state index in [4.69, 9.17) is 9.63 Å². The van der Waals surface area contributed by atoms with Gasteiger partial charge >= 0.3 is 0 Å². The minimum absolute atomic E-state index is 0.162. The van der Waals surface area contributed by atoms with Crippen LogP contribution in [0.3, 0.4) is 0 Å². The summed E-state index contributed by atoms with van der Waals surface area (Å²) in [5, 5.41) is 12.7. The van der Waals surface area contributed by atoms with E-state index in [2.05, 4.69) is 10.1 Å². The van der Waals surface area contributed by atoms with Gasteiger partial charge in [-0.2, -0.15) is 4.98 Å². The number of aliphatic hydroxyl groups excluding tert-OH is 1. The first kappa shape index (κ1) is 12.7. The third-order valence-corrected chi connectivity index (χ3v) is 2.69. The SMILES string of the molecule is CN(CCO)CCc1nc(-c2ccccc2)no1. The Labute approximate surface area is 106 Å². The fraction of sp³-hybridized carbons (Fsp3) is 0.385. The molecule has 0 radical (unpaired) electrons. The van der Waals surface area contributed by atoms with Crippen LogP contribution >= 0.6 is 0 Å². The molecule has 0 atom stereocenters. The largest absolute Gasteiger partial charge is 0.395 e. The molecule has 1 aromatic carbocycles. The first-order chi connectivity index (χ1) is 8.79. The van der Waals surface area contributed by atoms with Gasteiger partial charge in [0, 0.05) is 25.1 Å². The fourth-order valence-corrected chi connectivity index (χ4v) is 1.63. The van der Waals surface area contributed by atoms with Crippen LogP contribution in [0.2, 0.25) is 0 Å². The summed E-state index contributed by atoms with van der Waals surface area (Å²) in [5.41, 5.74) is 0.955. The molecule has 0 aliphatic heterocycles. The molecule has 0 spiro atoms. The van der Waals surface area contributed by atoms with Crippen molar-refractivity contribution in [2.75, 3.05) is 26.7 Å². The maximum atomic E-state index is 8.79. The van der Waals surface area contributed by atoms with Crippen molar-refractivity contribution in [1.29, 1.82) is 0 Å². The van der Waals surface area contributed by atoms with Crippen LogP contribution in [-0.2, 0) is 6.42 Å².